The Hall–Kier alpha value is -3.29. The van der Waals surface area contributed by atoms with Crippen LogP contribution in [0.2, 0.25) is 0 Å². The normalized spacial score (nSPS) is 12.4. The van der Waals surface area contributed by atoms with Crippen LogP contribution in [0.1, 0.15) is 10.4 Å². The maximum atomic E-state index is 12.6. The number of nitro benzene ring substituents is 1. The zero-order chi connectivity index (χ0) is 18.0. The molecule has 8 heteroatoms. The van der Waals surface area contributed by atoms with E-state index in [0.29, 0.717) is 36.1 Å². The van der Waals surface area contributed by atoms with Gasteiger partial charge in [-0.15, -0.1) is 0 Å². The van der Waals surface area contributed by atoms with Gasteiger partial charge in [-0.2, -0.15) is 0 Å². The average molecular weight is 343 g/mol. The molecule has 0 aliphatic carbocycles. The van der Waals surface area contributed by atoms with Gasteiger partial charge >= 0.3 is 0 Å². The first-order valence-corrected chi connectivity index (χ1v) is 7.62. The summed E-state index contributed by atoms with van der Waals surface area (Å²) in [5.41, 5.74) is 1.18. The molecule has 1 N–H and O–H groups in total. The summed E-state index contributed by atoms with van der Waals surface area (Å²) in [6.45, 7) is 0.929. The zero-order valence-electron chi connectivity index (χ0n) is 13.8. The van der Waals surface area contributed by atoms with Crippen molar-refractivity contribution < 1.29 is 19.2 Å². The predicted octanol–water partition coefficient (Wildman–Crippen LogP) is 2.68. The summed E-state index contributed by atoms with van der Waals surface area (Å²) in [6.07, 6.45) is 0. The lowest BCUT2D eigenvalue weighted by molar-refractivity contribution is -0.384. The quantitative estimate of drug-likeness (QED) is 0.677. The number of hydrogen-bond donors (Lipinski definition) is 1. The number of nitro groups is 1. The Morgan fingerprint density at radius 2 is 1.84 bits per heavy atom. The van der Waals surface area contributed by atoms with Gasteiger partial charge in [-0.25, -0.2) is 0 Å². The highest BCUT2D eigenvalue weighted by Gasteiger charge is 2.19. The van der Waals surface area contributed by atoms with Crippen molar-refractivity contribution in [2.24, 2.45) is 0 Å². The molecule has 0 fully saturated rings. The lowest BCUT2D eigenvalue weighted by Crippen LogP contribution is -2.19. The van der Waals surface area contributed by atoms with Gasteiger partial charge in [0.2, 0.25) is 0 Å². The number of nitrogens with one attached hydrogen (secondary N) is 1. The molecule has 0 saturated carbocycles. The molecule has 0 saturated heterocycles. The number of non-ortho nitro benzene ring substituents is 1. The maximum Gasteiger partial charge on any atom is 0.270 e. The van der Waals surface area contributed by atoms with Gasteiger partial charge < -0.3 is 19.7 Å². The first kappa shape index (κ1) is 16.6. The topological polar surface area (TPSA) is 93.9 Å². The third-order valence-corrected chi connectivity index (χ3v) is 3.72. The highest BCUT2D eigenvalue weighted by atomic mass is 16.6. The highest BCUT2D eigenvalue weighted by Crippen LogP contribution is 2.33. The summed E-state index contributed by atoms with van der Waals surface area (Å²) < 4.78 is 10.9. The second kappa shape index (κ2) is 6.68. The first-order chi connectivity index (χ1) is 12.0. The Morgan fingerprint density at radius 1 is 1.12 bits per heavy atom. The molecular formula is C17H17N3O5. The number of rotatable bonds is 4. The number of nitrogens with zero attached hydrogens (tertiary/aromatic N) is 2. The molecule has 0 aromatic heterocycles. The number of amides is 1. The van der Waals surface area contributed by atoms with Crippen molar-refractivity contribution in [1.29, 1.82) is 0 Å². The Balaban J connectivity index is 1.90. The minimum Gasteiger partial charge on any atom is -0.486 e. The minimum atomic E-state index is -0.527. The van der Waals surface area contributed by atoms with Gasteiger partial charge in [-0.3, -0.25) is 14.9 Å². The molecule has 8 nitrogen and oxygen atoms in total. The Bertz CT molecular complexity index is 835. The molecule has 2 aromatic rings. The van der Waals surface area contributed by atoms with Crippen molar-refractivity contribution in [2.45, 2.75) is 0 Å². The number of carbonyl (C=O) groups is 1. The fraction of sp³-hybridized carbons (Fsp3) is 0.235. The van der Waals surface area contributed by atoms with E-state index in [2.05, 4.69) is 5.32 Å². The average Bonchev–Trinajstić information content (AvgIpc) is 2.60. The van der Waals surface area contributed by atoms with Crippen LogP contribution in [-0.2, 0) is 0 Å². The minimum absolute atomic E-state index is 0.141. The molecule has 3 rings (SSSR count). The van der Waals surface area contributed by atoms with E-state index in [1.807, 2.05) is 0 Å². The molecule has 1 aliphatic rings. The predicted molar refractivity (Wildman–Crippen MR) is 92.8 cm³/mol. The second-order valence-corrected chi connectivity index (χ2v) is 5.67. The smallest absolute Gasteiger partial charge is 0.270 e. The fourth-order valence-corrected chi connectivity index (χ4v) is 2.53. The third-order valence-electron chi connectivity index (χ3n) is 3.72. The summed E-state index contributed by atoms with van der Waals surface area (Å²) in [5, 5.41) is 13.8. The van der Waals surface area contributed by atoms with Gasteiger partial charge in [0.1, 0.15) is 13.2 Å². The molecule has 0 spiro atoms. The van der Waals surface area contributed by atoms with Crippen molar-refractivity contribution in [3.8, 4) is 11.5 Å². The van der Waals surface area contributed by atoms with E-state index in [9.17, 15) is 14.9 Å². The second-order valence-electron chi connectivity index (χ2n) is 5.67. The summed E-state index contributed by atoms with van der Waals surface area (Å²) in [5.74, 6) is 0.730. The van der Waals surface area contributed by atoms with Crippen molar-refractivity contribution in [3.63, 3.8) is 0 Å². The summed E-state index contributed by atoms with van der Waals surface area (Å²) in [6, 6.07) is 9.26. The number of anilines is 2. The van der Waals surface area contributed by atoms with Crippen LogP contribution in [0.25, 0.3) is 0 Å². The van der Waals surface area contributed by atoms with Crippen LogP contribution in [0.15, 0.2) is 36.4 Å². The molecule has 0 unspecified atom stereocenters. The Morgan fingerprint density at radius 3 is 2.52 bits per heavy atom. The van der Waals surface area contributed by atoms with Crippen LogP contribution in [0.5, 0.6) is 11.5 Å². The maximum absolute atomic E-state index is 12.6. The van der Waals surface area contributed by atoms with E-state index in [1.165, 1.54) is 12.1 Å². The molecule has 0 radical (unpaired) electrons. The number of hydrogen-bond acceptors (Lipinski definition) is 6. The molecule has 25 heavy (non-hydrogen) atoms. The van der Waals surface area contributed by atoms with E-state index in [-0.39, 0.29) is 11.3 Å². The van der Waals surface area contributed by atoms with Crippen LogP contribution < -0.4 is 19.7 Å². The van der Waals surface area contributed by atoms with E-state index in [1.54, 1.807) is 43.3 Å². The summed E-state index contributed by atoms with van der Waals surface area (Å²) >= 11 is 0. The Kier molecular flexibility index (Phi) is 4.42. The van der Waals surface area contributed by atoms with Gasteiger partial charge in [0.05, 0.1) is 10.5 Å². The van der Waals surface area contributed by atoms with E-state index >= 15 is 0 Å². The van der Waals surface area contributed by atoms with E-state index in [0.717, 1.165) is 0 Å². The van der Waals surface area contributed by atoms with Crippen LogP contribution in [-0.4, -0.2) is 38.1 Å². The number of fused-ring (bicyclic) bond motifs is 1. The van der Waals surface area contributed by atoms with Gasteiger partial charge in [0.25, 0.3) is 11.6 Å². The van der Waals surface area contributed by atoms with Gasteiger partial charge in [-0.05, 0) is 18.2 Å². The summed E-state index contributed by atoms with van der Waals surface area (Å²) in [4.78, 5) is 24.9. The highest BCUT2D eigenvalue weighted by molar-refractivity contribution is 6.08. The van der Waals surface area contributed by atoms with Gasteiger partial charge in [-0.1, -0.05) is 0 Å². The molecule has 0 atom stereocenters. The molecule has 1 amide bonds. The number of carbonyl (C=O) groups excluding carboxylic acids is 1. The SMILES string of the molecule is CN(C)c1ccc([N+](=O)[O-])cc1C(=O)Nc1ccc2c(c1)OCCO2. The lowest BCUT2D eigenvalue weighted by Gasteiger charge is -2.20. The largest absolute Gasteiger partial charge is 0.486 e. The van der Waals surface area contributed by atoms with Crippen molar-refractivity contribution in [3.05, 3.63) is 52.1 Å². The van der Waals surface area contributed by atoms with Crippen LogP contribution in [0, 0.1) is 10.1 Å². The fourth-order valence-electron chi connectivity index (χ4n) is 2.53. The number of benzene rings is 2. The molecule has 130 valence electrons. The van der Waals surface area contributed by atoms with Crippen molar-refractivity contribution in [1.82, 2.24) is 0 Å². The zero-order valence-corrected chi connectivity index (χ0v) is 13.8. The van der Waals surface area contributed by atoms with Gasteiger partial charge in [0, 0.05) is 43.7 Å². The standard InChI is InChI=1S/C17H17N3O5/c1-19(2)14-5-4-12(20(22)23)10-13(14)17(21)18-11-3-6-15-16(9-11)25-8-7-24-15/h3-6,9-10H,7-8H2,1-2H3,(H,18,21). The molecular weight excluding hydrogens is 326 g/mol. The van der Waals surface area contributed by atoms with Crippen LogP contribution in [0.4, 0.5) is 17.1 Å². The first-order valence-electron chi connectivity index (χ1n) is 7.62. The Labute approximate surface area is 144 Å². The third kappa shape index (κ3) is 3.47. The van der Waals surface area contributed by atoms with Gasteiger partial charge in [0.15, 0.2) is 11.5 Å². The monoisotopic (exact) mass is 343 g/mol. The van der Waals surface area contributed by atoms with E-state index < -0.39 is 10.8 Å². The van der Waals surface area contributed by atoms with E-state index in [4.69, 9.17) is 9.47 Å². The molecule has 0 bridgehead atoms. The summed E-state index contributed by atoms with van der Waals surface area (Å²) in [7, 11) is 3.53. The molecule has 1 aliphatic heterocycles. The lowest BCUT2D eigenvalue weighted by atomic mass is 10.1. The van der Waals surface area contributed by atoms with Crippen LogP contribution in [0.3, 0.4) is 0 Å². The molecule has 2 aromatic carbocycles. The molecule has 1 heterocycles. The van der Waals surface area contributed by atoms with Crippen molar-refractivity contribution >= 4 is 23.0 Å². The van der Waals surface area contributed by atoms with Crippen molar-refractivity contribution in [2.75, 3.05) is 37.5 Å². The number of ether oxygens (including phenoxy) is 2. The van der Waals surface area contributed by atoms with Crippen LogP contribution >= 0.6 is 0 Å².